The lowest BCUT2D eigenvalue weighted by Gasteiger charge is -2.16. The molecule has 72 valence electrons. The Labute approximate surface area is 78.6 Å². The molecule has 1 rings (SSSR count). The van der Waals surface area contributed by atoms with Gasteiger partial charge < -0.3 is 10.2 Å². The molecule has 1 aromatic heterocycles. The van der Waals surface area contributed by atoms with E-state index in [-0.39, 0.29) is 0 Å². The molecule has 0 amide bonds. The highest BCUT2D eigenvalue weighted by Gasteiger charge is 1.99. The Kier molecular flexibility index (Phi) is 4.05. The Balaban J connectivity index is 2.18. The van der Waals surface area contributed by atoms with Crippen LogP contribution in [0.4, 0.5) is 5.69 Å². The molecule has 0 aromatic carbocycles. The molecule has 1 heterocycles. The van der Waals surface area contributed by atoms with Crippen molar-refractivity contribution in [1.29, 1.82) is 0 Å². The Morgan fingerprint density at radius 3 is 3.23 bits per heavy atom. The van der Waals surface area contributed by atoms with Crippen molar-refractivity contribution >= 4 is 5.69 Å². The molecule has 0 fully saturated rings. The van der Waals surface area contributed by atoms with Gasteiger partial charge in [0.1, 0.15) is 0 Å². The molecule has 1 aromatic rings. The highest BCUT2D eigenvalue weighted by atomic mass is 15.2. The molecule has 0 aliphatic carbocycles. The molecule has 13 heavy (non-hydrogen) atoms. The van der Waals surface area contributed by atoms with Gasteiger partial charge in [-0.15, -0.1) is 6.58 Å². The number of likely N-dealkylation sites (N-methyl/N-ethyl adjacent to an activating group) is 1. The number of hydrogen-bond acceptors (Lipinski definition) is 3. The van der Waals surface area contributed by atoms with E-state index < -0.39 is 0 Å². The summed E-state index contributed by atoms with van der Waals surface area (Å²) in [5, 5.41) is 9.91. The molecular weight excluding hydrogens is 164 g/mol. The molecule has 0 aliphatic heterocycles. The van der Waals surface area contributed by atoms with Crippen LogP contribution in [-0.2, 0) is 0 Å². The molecule has 0 radical (unpaired) electrons. The van der Waals surface area contributed by atoms with E-state index in [0.29, 0.717) is 0 Å². The quantitative estimate of drug-likeness (QED) is 0.498. The van der Waals surface area contributed by atoms with Crippen molar-refractivity contribution in [3.8, 4) is 0 Å². The maximum Gasteiger partial charge on any atom is 0.0747 e. The molecule has 0 unspecified atom stereocenters. The van der Waals surface area contributed by atoms with Crippen LogP contribution in [0.15, 0.2) is 25.0 Å². The van der Waals surface area contributed by atoms with Crippen LogP contribution in [0.25, 0.3) is 0 Å². The lowest BCUT2D eigenvalue weighted by atomic mass is 10.4. The smallest absolute Gasteiger partial charge is 0.0747 e. The Morgan fingerprint density at radius 2 is 2.62 bits per heavy atom. The van der Waals surface area contributed by atoms with E-state index in [1.54, 1.807) is 0 Å². The van der Waals surface area contributed by atoms with E-state index in [9.17, 15) is 0 Å². The highest BCUT2D eigenvalue weighted by molar-refractivity contribution is 5.40. The summed E-state index contributed by atoms with van der Waals surface area (Å²) in [6.07, 6.45) is 5.55. The van der Waals surface area contributed by atoms with Crippen LogP contribution in [0.1, 0.15) is 0 Å². The number of aromatic nitrogens is 2. The molecule has 0 bridgehead atoms. The maximum absolute atomic E-state index is 3.88. The topological polar surface area (TPSA) is 44.0 Å². The lowest BCUT2D eigenvalue weighted by Crippen LogP contribution is -2.28. The summed E-state index contributed by atoms with van der Waals surface area (Å²) in [5.74, 6) is 0. The second kappa shape index (κ2) is 5.37. The van der Waals surface area contributed by atoms with E-state index in [0.717, 1.165) is 25.3 Å². The van der Waals surface area contributed by atoms with Crippen molar-refractivity contribution in [2.75, 3.05) is 31.6 Å². The van der Waals surface area contributed by atoms with E-state index in [1.165, 1.54) is 0 Å². The predicted molar refractivity (Wildman–Crippen MR) is 54.9 cm³/mol. The van der Waals surface area contributed by atoms with Gasteiger partial charge in [0.2, 0.25) is 0 Å². The van der Waals surface area contributed by atoms with Crippen molar-refractivity contribution in [3.63, 3.8) is 0 Å². The number of anilines is 1. The van der Waals surface area contributed by atoms with E-state index >= 15 is 0 Å². The number of nitrogens with one attached hydrogen (secondary N) is 2. The van der Waals surface area contributed by atoms with Gasteiger partial charge in [-0.2, -0.15) is 5.10 Å². The Morgan fingerprint density at radius 1 is 1.77 bits per heavy atom. The number of rotatable bonds is 6. The first-order valence-corrected chi connectivity index (χ1v) is 4.36. The standard InChI is InChI=1S/C9H16N4/c1-3-4-10-5-6-13(2)9-7-11-12-8-9/h3,7-8,10H,1,4-6H2,2H3,(H,11,12). The molecule has 0 aliphatic rings. The molecule has 2 N–H and O–H groups in total. The molecule has 0 saturated heterocycles. The monoisotopic (exact) mass is 180 g/mol. The second-order valence-electron chi connectivity index (χ2n) is 2.87. The summed E-state index contributed by atoms with van der Waals surface area (Å²) < 4.78 is 0. The summed E-state index contributed by atoms with van der Waals surface area (Å²) >= 11 is 0. The van der Waals surface area contributed by atoms with Crippen molar-refractivity contribution in [2.45, 2.75) is 0 Å². The summed E-state index contributed by atoms with van der Waals surface area (Å²) in [4.78, 5) is 2.14. The average molecular weight is 180 g/mol. The zero-order valence-electron chi connectivity index (χ0n) is 7.95. The van der Waals surface area contributed by atoms with Crippen molar-refractivity contribution in [3.05, 3.63) is 25.0 Å². The van der Waals surface area contributed by atoms with Crippen molar-refractivity contribution in [1.82, 2.24) is 15.5 Å². The van der Waals surface area contributed by atoms with Crippen molar-refractivity contribution in [2.24, 2.45) is 0 Å². The van der Waals surface area contributed by atoms with E-state index in [4.69, 9.17) is 0 Å². The average Bonchev–Trinajstić information content (AvgIpc) is 2.65. The Bertz CT molecular complexity index is 230. The number of aromatic amines is 1. The van der Waals surface area contributed by atoms with E-state index in [1.807, 2.05) is 25.5 Å². The van der Waals surface area contributed by atoms with Gasteiger partial charge in [-0.25, -0.2) is 0 Å². The van der Waals surface area contributed by atoms with Crippen LogP contribution in [0.2, 0.25) is 0 Å². The summed E-state index contributed by atoms with van der Waals surface area (Å²) in [6, 6.07) is 0. The molecule has 4 nitrogen and oxygen atoms in total. The third-order valence-corrected chi connectivity index (χ3v) is 1.84. The van der Waals surface area contributed by atoms with E-state index in [2.05, 4.69) is 27.0 Å². The third kappa shape index (κ3) is 3.29. The first kappa shape index (κ1) is 9.80. The zero-order chi connectivity index (χ0) is 9.52. The SMILES string of the molecule is C=CCNCCN(C)c1cn[nH]c1. The molecule has 4 heteroatoms. The minimum atomic E-state index is 0.860. The van der Waals surface area contributed by atoms with Gasteiger partial charge in [-0.3, -0.25) is 5.10 Å². The van der Waals surface area contributed by atoms with Crippen LogP contribution in [0.5, 0.6) is 0 Å². The van der Waals surface area contributed by atoms with Gasteiger partial charge in [-0.05, 0) is 0 Å². The highest BCUT2D eigenvalue weighted by Crippen LogP contribution is 2.06. The van der Waals surface area contributed by atoms with Crippen LogP contribution in [-0.4, -0.2) is 36.9 Å². The van der Waals surface area contributed by atoms with Gasteiger partial charge in [0.05, 0.1) is 11.9 Å². The fourth-order valence-corrected chi connectivity index (χ4v) is 1.03. The van der Waals surface area contributed by atoms with Gasteiger partial charge in [0.25, 0.3) is 0 Å². The van der Waals surface area contributed by atoms with Crippen LogP contribution >= 0.6 is 0 Å². The number of hydrogen-bond donors (Lipinski definition) is 2. The second-order valence-corrected chi connectivity index (χ2v) is 2.87. The summed E-state index contributed by atoms with van der Waals surface area (Å²) in [7, 11) is 2.04. The molecule has 0 atom stereocenters. The summed E-state index contributed by atoms with van der Waals surface area (Å²) in [6.45, 7) is 6.41. The van der Waals surface area contributed by atoms with Crippen molar-refractivity contribution < 1.29 is 0 Å². The van der Waals surface area contributed by atoms with Crippen LogP contribution in [0.3, 0.4) is 0 Å². The summed E-state index contributed by atoms with van der Waals surface area (Å²) in [5.41, 5.74) is 1.11. The lowest BCUT2D eigenvalue weighted by molar-refractivity contribution is 0.730. The largest absolute Gasteiger partial charge is 0.371 e. The van der Waals surface area contributed by atoms with Gasteiger partial charge in [0, 0.05) is 32.9 Å². The molecular formula is C9H16N4. The fraction of sp³-hybridized carbons (Fsp3) is 0.444. The van der Waals surface area contributed by atoms with Gasteiger partial charge in [0.15, 0.2) is 0 Å². The van der Waals surface area contributed by atoms with Gasteiger partial charge >= 0.3 is 0 Å². The minimum Gasteiger partial charge on any atom is -0.371 e. The third-order valence-electron chi connectivity index (χ3n) is 1.84. The molecule has 0 spiro atoms. The maximum atomic E-state index is 3.88. The Hall–Kier alpha value is -1.29. The fourth-order valence-electron chi connectivity index (χ4n) is 1.03. The first-order valence-electron chi connectivity index (χ1n) is 4.36. The zero-order valence-corrected chi connectivity index (χ0v) is 7.95. The normalized spacial score (nSPS) is 9.92. The number of H-pyrrole nitrogens is 1. The minimum absolute atomic E-state index is 0.860. The predicted octanol–water partition coefficient (Wildman–Crippen LogP) is 0.621. The number of nitrogens with zero attached hydrogens (tertiary/aromatic N) is 2. The molecule has 0 saturated carbocycles. The first-order chi connectivity index (χ1) is 6.34. The van der Waals surface area contributed by atoms with Gasteiger partial charge in [-0.1, -0.05) is 6.08 Å². The van der Waals surface area contributed by atoms with Crippen LogP contribution < -0.4 is 10.2 Å². The van der Waals surface area contributed by atoms with Crippen LogP contribution in [0, 0.1) is 0 Å².